The van der Waals surface area contributed by atoms with E-state index in [2.05, 4.69) is 4.90 Å². The van der Waals surface area contributed by atoms with E-state index in [1.165, 1.54) is 12.8 Å². The van der Waals surface area contributed by atoms with E-state index >= 15 is 0 Å². The molecular formula is C17H23NO4. The summed E-state index contributed by atoms with van der Waals surface area (Å²) < 4.78 is 11.0. The lowest BCUT2D eigenvalue weighted by molar-refractivity contribution is -0.139. The van der Waals surface area contributed by atoms with Crippen LogP contribution in [0.5, 0.6) is 5.75 Å². The fourth-order valence-electron chi connectivity index (χ4n) is 3.57. The summed E-state index contributed by atoms with van der Waals surface area (Å²) in [6, 6.07) is 7.71. The molecule has 0 bridgehead atoms. The summed E-state index contributed by atoms with van der Waals surface area (Å²) in [6.07, 6.45) is 3.60. The van der Waals surface area contributed by atoms with Gasteiger partial charge in [-0.15, -0.1) is 0 Å². The van der Waals surface area contributed by atoms with Crippen LogP contribution in [0.15, 0.2) is 24.3 Å². The molecule has 1 atom stereocenters. The van der Waals surface area contributed by atoms with Crippen molar-refractivity contribution in [1.29, 1.82) is 0 Å². The zero-order valence-electron chi connectivity index (χ0n) is 12.8. The predicted molar refractivity (Wildman–Crippen MR) is 82.0 cm³/mol. The number of carbonyl (C=O) groups is 1. The van der Waals surface area contributed by atoms with Crippen molar-refractivity contribution in [2.24, 2.45) is 5.41 Å². The first-order valence-electron chi connectivity index (χ1n) is 7.90. The highest BCUT2D eigenvalue weighted by atomic mass is 16.5. The monoisotopic (exact) mass is 305 g/mol. The summed E-state index contributed by atoms with van der Waals surface area (Å²) in [7, 11) is 0. The van der Waals surface area contributed by atoms with Crippen molar-refractivity contribution in [1.82, 2.24) is 4.90 Å². The van der Waals surface area contributed by atoms with Gasteiger partial charge in [-0.05, 0) is 31.9 Å². The topological polar surface area (TPSA) is 59.0 Å². The zero-order valence-corrected chi connectivity index (χ0v) is 12.8. The molecule has 5 nitrogen and oxygen atoms in total. The number of benzene rings is 1. The van der Waals surface area contributed by atoms with E-state index in [0.29, 0.717) is 11.2 Å². The summed E-state index contributed by atoms with van der Waals surface area (Å²) >= 11 is 0. The molecule has 0 amide bonds. The Morgan fingerprint density at radius 2 is 2.23 bits per heavy atom. The van der Waals surface area contributed by atoms with Gasteiger partial charge in [0.15, 0.2) is 6.61 Å². The number of piperidine rings is 1. The second-order valence-corrected chi connectivity index (χ2v) is 6.41. The fourth-order valence-corrected chi connectivity index (χ4v) is 3.57. The number of likely N-dealkylation sites (tertiary alicyclic amines) is 1. The van der Waals surface area contributed by atoms with Crippen LogP contribution in [-0.4, -0.2) is 48.9 Å². The van der Waals surface area contributed by atoms with Gasteiger partial charge in [-0.3, -0.25) is 4.90 Å². The predicted octanol–water partition coefficient (Wildman–Crippen LogP) is 2.15. The van der Waals surface area contributed by atoms with Gasteiger partial charge in [-0.2, -0.15) is 0 Å². The number of hydrogen-bond acceptors (Lipinski definition) is 4. The van der Waals surface area contributed by atoms with Crippen LogP contribution >= 0.6 is 0 Å². The van der Waals surface area contributed by atoms with E-state index < -0.39 is 5.97 Å². The minimum atomic E-state index is -0.949. The molecule has 3 rings (SSSR count). The molecule has 0 aliphatic carbocycles. The first-order chi connectivity index (χ1) is 10.7. The third-order valence-corrected chi connectivity index (χ3v) is 4.64. The molecule has 22 heavy (non-hydrogen) atoms. The van der Waals surface area contributed by atoms with Crippen molar-refractivity contribution < 1.29 is 19.4 Å². The van der Waals surface area contributed by atoms with Crippen LogP contribution in [-0.2, 0) is 16.1 Å². The lowest BCUT2D eigenvalue weighted by Crippen LogP contribution is -2.43. The van der Waals surface area contributed by atoms with E-state index in [0.717, 1.165) is 44.8 Å². The molecule has 1 aromatic rings. The number of ether oxygens (including phenoxy) is 2. The van der Waals surface area contributed by atoms with Crippen LogP contribution in [0.2, 0.25) is 0 Å². The number of aliphatic carboxylic acids is 1. The number of carboxylic acid groups (broad SMARTS) is 1. The third kappa shape index (κ3) is 3.59. The smallest absolute Gasteiger partial charge is 0.341 e. The second kappa shape index (κ2) is 6.67. The molecule has 2 fully saturated rings. The largest absolute Gasteiger partial charge is 0.482 e. The van der Waals surface area contributed by atoms with Crippen LogP contribution < -0.4 is 4.74 Å². The van der Waals surface area contributed by atoms with E-state index in [1.807, 2.05) is 24.3 Å². The number of para-hydroxylation sites is 1. The number of rotatable bonds is 5. The van der Waals surface area contributed by atoms with Crippen molar-refractivity contribution in [3.05, 3.63) is 29.8 Å². The van der Waals surface area contributed by atoms with Crippen LogP contribution in [0, 0.1) is 5.41 Å². The lowest BCUT2D eigenvalue weighted by atomic mass is 9.79. The Labute approximate surface area is 130 Å². The van der Waals surface area contributed by atoms with E-state index in [1.54, 1.807) is 0 Å². The second-order valence-electron chi connectivity index (χ2n) is 6.41. The highest BCUT2D eigenvalue weighted by Crippen LogP contribution is 2.38. The molecule has 120 valence electrons. The minimum Gasteiger partial charge on any atom is -0.482 e. The van der Waals surface area contributed by atoms with E-state index in [4.69, 9.17) is 14.6 Å². The molecule has 1 spiro atoms. The molecule has 5 heteroatoms. The summed E-state index contributed by atoms with van der Waals surface area (Å²) in [6.45, 7) is 4.40. The maximum absolute atomic E-state index is 10.7. The zero-order chi connectivity index (χ0) is 15.4. The quantitative estimate of drug-likeness (QED) is 0.903. The Bertz CT molecular complexity index is 525. The number of nitrogens with zero attached hydrogens (tertiary/aromatic N) is 1. The first kappa shape index (κ1) is 15.3. The molecule has 1 aromatic carbocycles. The fraction of sp³-hybridized carbons (Fsp3) is 0.588. The van der Waals surface area contributed by atoms with E-state index in [9.17, 15) is 4.79 Å². The average Bonchev–Trinajstić information content (AvgIpc) is 2.94. The Hall–Kier alpha value is -1.59. The summed E-state index contributed by atoms with van der Waals surface area (Å²) in [5.74, 6) is -0.276. The number of carboxylic acids is 1. The van der Waals surface area contributed by atoms with Gasteiger partial charge < -0.3 is 14.6 Å². The van der Waals surface area contributed by atoms with Gasteiger partial charge in [0.1, 0.15) is 5.75 Å². The Kier molecular flexibility index (Phi) is 4.64. The van der Waals surface area contributed by atoms with Crippen LogP contribution in [0.3, 0.4) is 0 Å². The van der Waals surface area contributed by atoms with Gasteiger partial charge in [-0.25, -0.2) is 4.79 Å². The SMILES string of the molecule is O=C(O)COc1ccccc1CN1CCC[C@@]2(CCOC2)C1. The maximum Gasteiger partial charge on any atom is 0.341 e. The molecular weight excluding hydrogens is 282 g/mol. The molecule has 0 unspecified atom stereocenters. The third-order valence-electron chi connectivity index (χ3n) is 4.64. The molecule has 2 aliphatic heterocycles. The lowest BCUT2D eigenvalue weighted by Gasteiger charge is -2.39. The van der Waals surface area contributed by atoms with Crippen molar-refractivity contribution in [3.8, 4) is 5.75 Å². The minimum absolute atomic E-state index is 0.297. The van der Waals surface area contributed by atoms with Crippen molar-refractivity contribution in [2.45, 2.75) is 25.8 Å². The highest BCUT2D eigenvalue weighted by molar-refractivity contribution is 5.68. The molecule has 1 N–H and O–H groups in total. The number of hydrogen-bond donors (Lipinski definition) is 1. The van der Waals surface area contributed by atoms with Crippen molar-refractivity contribution in [3.63, 3.8) is 0 Å². The van der Waals surface area contributed by atoms with Crippen LogP contribution in [0.1, 0.15) is 24.8 Å². The highest BCUT2D eigenvalue weighted by Gasteiger charge is 2.38. The van der Waals surface area contributed by atoms with Crippen molar-refractivity contribution in [2.75, 3.05) is 32.9 Å². The van der Waals surface area contributed by atoms with Gasteiger partial charge in [0.2, 0.25) is 0 Å². The van der Waals surface area contributed by atoms with Gasteiger partial charge in [0.05, 0.1) is 6.61 Å². The van der Waals surface area contributed by atoms with Gasteiger partial charge >= 0.3 is 5.97 Å². The Morgan fingerprint density at radius 1 is 1.36 bits per heavy atom. The Balaban J connectivity index is 1.66. The van der Waals surface area contributed by atoms with Gasteiger partial charge in [-0.1, -0.05) is 18.2 Å². The van der Waals surface area contributed by atoms with Crippen LogP contribution in [0.25, 0.3) is 0 Å². The summed E-state index contributed by atoms with van der Waals surface area (Å²) in [5.41, 5.74) is 1.38. The molecule has 2 saturated heterocycles. The van der Waals surface area contributed by atoms with Crippen molar-refractivity contribution >= 4 is 5.97 Å². The standard InChI is InChI=1S/C17H23NO4/c19-16(20)11-22-15-5-2-1-4-14(15)10-18-8-3-6-17(12-18)7-9-21-13-17/h1-2,4-5H,3,6-13H2,(H,19,20)/t17-/m1/s1. The summed E-state index contributed by atoms with van der Waals surface area (Å²) in [5, 5.41) is 8.78. The summed E-state index contributed by atoms with van der Waals surface area (Å²) in [4.78, 5) is 13.1. The maximum atomic E-state index is 10.7. The average molecular weight is 305 g/mol. The van der Waals surface area contributed by atoms with Gasteiger partial charge in [0, 0.05) is 30.7 Å². The molecule has 0 aromatic heterocycles. The first-order valence-corrected chi connectivity index (χ1v) is 7.90. The molecule has 2 heterocycles. The molecule has 0 radical (unpaired) electrons. The Morgan fingerprint density at radius 3 is 3.00 bits per heavy atom. The van der Waals surface area contributed by atoms with Crippen LogP contribution in [0.4, 0.5) is 0 Å². The van der Waals surface area contributed by atoms with E-state index in [-0.39, 0.29) is 6.61 Å². The normalized spacial score (nSPS) is 25.5. The van der Waals surface area contributed by atoms with Gasteiger partial charge in [0.25, 0.3) is 0 Å². The molecule has 0 saturated carbocycles. The molecule has 2 aliphatic rings.